The van der Waals surface area contributed by atoms with Gasteiger partial charge in [0.2, 0.25) is 0 Å². The highest BCUT2D eigenvalue weighted by Crippen LogP contribution is 2.54. The Hall–Kier alpha value is -1.35. The van der Waals surface area contributed by atoms with Crippen molar-refractivity contribution >= 4 is 22.7 Å². The Morgan fingerprint density at radius 3 is 1.28 bits per heavy atom. The van der Waals surface area contributed by atoms with E-state index in [9.17, 15) is 53.0 Å². The quantitative estimate of drug-likeness (QED) is 0.314. The predicted molar refractivity (Wildman–Crippen MR) is 86.8 cm³/mol. The number of thiol groups is 1. The van der Waals surface area contributed by atoms with E-state index in [2.05, 4.69) is 12.6 Å². The molecule has 0 saturated heterocycles. The molecule has 1 rings (SSSR count). The maximum absolute atomic E-state index is 12.2. The molecule has 0 amide bonds. The third-order valence-electron chi connectivity index (χ3n) is 3.99. The molecular formula is C14H15F9O4S2. The number of hydrogen-bond acceptors (Lipinski definition) is 4. The molecule has 0 radical (unpaired) electrons. The maximum Gasteiger partial charge on any atom is 0.460 e. The van der Waals surface area contributed by atoms with Gasteiger partial charge in [0, 0.05) is 4.90 Å². The molecule has 15 heteroatoms. The van der Waals surface area contributed by atoms with Crippen LogP contribution in [0, 0.1) is 27.7 Å². The molecule has 1 aromatic rings. The Bertz CT molecular complexity index is 773. The van der Waals surface area contributed by atoms with E-state index in [1.807, 2.05) is 27.7 Å². The molecule has 29 heavy (non-hydrogen) atoms. The lowest BCUT2D eigenvalue weighted by Crippen LogP contribution is -2.63. The number of rotatable bonds is 3. The van der Waals surface area contributed by atoms with E-state index in [1.54, 1.807) is 0 Å². The highest BCUT2D eigenvalue weighted by atomic mass is 32.2. The zero-order valence-corrected chi connectivity index (χ0v) is 16.7. The minimum Gasteiger partial charge on any atom is -0.507 e. The average Bonchev–Trinajstić information content (AvgIpc) is 2.54. The molecule has 0 atom stereocenters. The summed E-state index contributed by atoms with van der Waals surface area (Å²) in [7, 11) is -7.17. The molecule has 0 heterocycles. The molecule has 1 aromatic carbocycles. The van der Waals surface area contributed by atoms with Gasteiger partial charge in [-0.15, -0.1) is 12.6 Å². The summed E-state index contributed by atoms with van der Waals surface area (Å²) in [6, 6.07) is 0. The first-order valence-corrected chi connectivity index (χ1v) is 9.01. The van der Waals surface area contributed by atoms with E-state index in [1.165, 1.54) is 0 Å². The lowest BCUT2D eigenvalue weighted by molar-refractivity contribution is -0.382. The Kier molecular flexibility index (Phi) is 7.68. The summed E-state index contributed by atoms with van der Waals surface area (Å²) < 4.78 is 134. The zero-order valence-electron chi connectivity index (χ0n) is 15.0. The maximum atomic E-state index is 12.2. The van der Waals surface area contributed by atoms with Crippen LogP contribution in [0.4, 0.5) is 39.5 Å². The van der Waals surface area contributed by atoms with Crippen LogP contribution in [-0.4, -0.2) is 41.4 Å². The van der Waals surface area contributed by atoms with Gasteiger partial charge < -0.3 is 5.11 Å². The number of aromatic hydroxyl groups is 1. The van der Waals surface area contributed by atoms with Gasteiger partial charge in [0.1, 0.15) is 5.75 Å². The Morgan fingerprint density at radius 2 is 1.03 bits per heavy atom. The lowest BCUT2D eigenvalue weighted by Gasteiger charge is -2.31. The van der Waals surface area contributed by atoms with E-state index in [0.717, 1.165) is 27.1 Å². The van der Waals surface area contributed by atoms with Gasteiger partial charge in [-0.05, 0) is 49.9 Å². The van der Waals surface area contributed by atoms with Crippen molar-refractivity contribution in [1.82, 2.24) is 0 Å². The Morgan fingerprint density at radius 1 is 0.724 bits per heavy atom. The molecule has 0 fully saturated rings. The second-order valence-corrected chi connectivity index (χ2v) is 7.75. The fourth-order valence-corrected chi connectivity index (χ4v) is 2.58. The highest BCUT2D eigenvalue weighted by molar-refractivity contribution is 7.87. The summed E-state index contributed by atoms with van der Waals surface area (Å²) in [5.74, 6) is -14.3. The molecule has 0 aliphatic carbocycles. The average molecular weight is 482 g/mol. The SMILES string of the molecule is Cc1c(C)c(S)c(C)c(C)c1O.O=S(=O)(O)C(F)(F)C(F)(F)C(F)(F)C(F)(F)F. The van der Waals surface area contributed by atoms with Crippen LogP contribution in [0.2, 0.25) is 0 Å². The third kappa shape index (κ3) is 4.71. The van der Waals surface area contributed by atoms with Gasteiger partial charge >= 0.3 is 33.4 Å². The molecule has 0 aliphatic rings. The lowest BCUT2D eigenvalue weighted by atomic mass is 10.00. The second kappa shape index (κ2) is 8.06. The van der Waals surface area contributed by atoms with Crippen LogP contribution in [0.25, 0.3) is 0 Å². The van der Waals surface area contributed by atoms with Crippen LogP contribution in [0.1, 0.15) is 22.3 Å². The molecule has 170 valence electrons. The molecule has 0 saturated carbocycles. The third-order valence-corrected chi connectivity index (χ3v) is 5.56. The number of phenolic OH excluding ortho intramolecular Hbond substituents is 1. The van der Waals surface area contributed by atoms with Crippen molar-refractivity contribution < 1.29 is 57.6 Å². The van der Waals surface area contributed by atoms with Gasteiger partial charge in [0.25, 0.3) is 0 Å². The standard InChI is InChI=1S/C10H14OS.C4HF9O3S/c1-5-7(3)10(12)8(4)6(2)9(5)11;5-1(6,3(9,10)11)2(7,8)4(12,13)17(14,15)16/h11-12H,1-4H3;(H,14,15,16). The zero-order chi connectivity index (χ0) is 24.0. The van der Waals surface area contributed by atoms with Crippen molar-refractivity contribution in [3.63, 3.8) is 0 Å². The van der Waals surface area contributed by atoms with Crippen molar-refractivity contribution in [3.05, 3.63) is 22.3 Å². The summed E-state index contributed by atoms with van der Waals surface area (Å²) in [5.41, 5.74) is 4.00. The van der Waals surface area contributed by atoms with Crippen LogP contribution in [0.5, 0.6) is 5.75 Å². The topological polar surface area (TPSA) is 74.6 Å². The van der Waals surface area contributed by atoms with Crippen molar-refractivity contribution in [2.45, 2.75) is 55.9 Å². The molecular weight excluding hydrogens is 467 g/mol. The van der Waals surface area contributed by atoms with E-state index in [0.29, 0.717) is 5.75 Å². The molecule has 0 aliphatic heterocycles. The molecule has 4 nitrogen and oxygen atoms in total. The van der Waals surface area contributed by atoms with Crippen LogP contribution in [0.3, 0.4) is 0 Å². The van der Waals surface area contributed by atoms with Gasteiger partial charge in [-0.3, -0.25) is 4.55 Å². The summed E-state index contributed by atoms with van der Waals surface area (Å²) in [6.45, 7) is 7.78. The first kappa shape index (κ1) is 27.6. The minimum absolute atomic E-state index is 0.405. The first-order chi connectivity index (χ1) is 12.5. The van der Waals surface area contributed by atoms with Gasteiger partial charge in [-0.2, -0.15) is 47.9 Å². The molecule has 0 bridgehead atoms. The van der Waals surface area contributed by atoms with E-state index < -0.39 is 33.4 Å². The van der Waals surface area contributed by atoms with E-state index >= 15 is 0 Å². The normalized spacial score (nSPS) is 13.8. The Balaban J connectivity index is 0.000000571. The van der Waals surface area contributed by atoms with Crippen LogP contribution >= 0.6 is 12.6 Å². The predicted octanol–water partition coefficient (Wildman–Crippen LogP) is 5.21. The molecule has 0 spiro atoms. The van der Waals surface area contributed by atoms with Crippen molar-refractivity contribution in [2.24, 2.45) is 0 Å². The van der Waals surface area contributed by atoms with Crippen LogP contribution < -0.4 is 0 Å². The minimum atomic E-state index is -7.37. The van der Waals surface area contributed by atoms with Crippen LogP contribution in [-0.2, 0) is 10.1 Å². The van der Waals surface area contributed by atoms with E-state index in [4.69, 9.17) is 4.55 Å². The largest absolute Gasteiger partial charge is 0.507 e. The number of halogens is 9. The summed E-state index contributed by atoms with van der Waals surface area (Å²) in [6.07, 6.45) is -7.13. The summed E-state index contributed by atoms with van der Waals surface area (Å²) in [4.78, 5) is 0.989. The monoisotopic (exact) mass is 482 g/mol. The molecule has 0 unspecified atom stereocenters. The molecule has 0 aromatic heterocycles. The van der Waals surface area contributed by atoms with Crippen molar-refractivity contribution in [1.29, 1.82) is 0 Å². The van der Waals surface area contributed by atoms with Crippen LogP contribution in [0.15, 0.2) is 4.90 Å². The number of hydrogen-bond donors (Lipinski definition) is 3. The van der Waals surface area contributed by atoms with Gasteiger partial charge in [0.05, 0.1) is 0 Å². The fourth-order valence-electron chi connectivity index (χ4n) is 1.80. The van der Waals surface area contributed by atoms with Gasteiger partial charge in [-0.25, -0.2) is 0 Å². The van der Waals surface area contributed by atoms with Crippen molar-refractivity contribution in [3.8, 4) is 5.75 Å². The van der Waals surface area contributed by atoms with E-state index in [-0.39, 0.29) is 0 Å². The first-order valence-electron chi connectivity index (χ1n) is 7.12. The second-order valence-electron chi connectivity index (χ2n) is 5.84. The Labute approximate surface area is 164 Å². The smallest absolute Gasteiger partial charge is 0.460 e. The number of phenols is 1. The fraction of sp³-hybridized carbons (Fsp3) is 0.571. The summed E-state index contributed by atoms with van der Waals surface area (Å²) in [5, 5.41) is 2.66. The van der Waals surface area contributed by atoms with Gasteiger partial charge in [0.15, 0.2) is 0 Å². The van der Waals surface area contributed by atoms with Gasteiger partial charge in [-0.1, -0.05) is 0 Å². The van der Waals surface area contributed by atoms with Crippen molar-refractivity contribution in [2.75, 3.05) is 0 Å². The highest BCUT2D eigenvalue weighted by Gasteiger charge is 2.85. The summed E-state index contributed by atoms with van der Waals surface area (Å²) >= 11 is 4.39. The number of benzene rings is 1. The molecule has 2 N–H and O–H groups in total. The number of alkyl halides is 9.